The lowest BCUT2D eigenvalue weighted by Crippen LogP contribution is -1.98. The quantitative estimate of drug-likeness (QED) is 0.714. The third-order valence-electron chi connectivity index (χ3n) is 1.57. The van der Waals surface area contributed by atoms with E-state index >= 15 is 0 Å². The van der Waals surface area contributed by atoms with E-state index in [9.17, 15) is 0 Å². The van der Waals surface area contributed by atoms with Gasteiger partial charge in [0.15, 0.2) is 5.65 Å². The Morgan fingerprint density at radius 3 is 2.85 bits per heavy atom. The number of aromatic nitrogens is 3. The van der Waals surface area contributed by atoms with E-state index in [0.717, 1.165) is 11.2 Å². The molecule has 2 aromatic heterocycles. The van der Waals surface area contributed by atoms with Gasteiger partial charge in [-0.15, -0.1) is 0 Å². The predicted molar refractivity (Wildman–Crippen MR) is 52.2 cm³/mol. The largest absolute Gasteiger partial charge is 0.326 e. The highest BCUT2D eigenvalue weighted by atomic mass is 15.3. The summed E-state index contributed by atoms with van der Waals surface area (Å²) in [6, 6.07) is 3.85. The number of fused-ring (bicyclic) bond motifs is 1. The second-order valence-corrected chi connectivity index (χ2v) is 2.30. The Kier molecular flexibility index (Phi) is 3.40. The summed E-state index contributed by atoms with van der Waals surface area (Å²) in [6.07, 6.45) is 3.40. The maximum Gasteiger partial charge on any atom is 0.155 e. The first-order valence-corrected chi connectivity index (χ1v) is 4.38. The Morgan fingerprint density at radius 2 is 2.15 bits per heavy atom. The van der Waals surface area contributed by atoms with Crippen molar-refractivity contribution in [1.29, 1.82) is 0 Å². The summed E-state index contributed by atoms with van der Waals surface area (Å²) in [7, 11) is 0. The molecule has 0 fully saturated rings. The lowest BCUT2D eigenvalue weighted by Gasteiger charge is -1.95. The van der Waals surface area contributed by atoms with E-state index in [1.54, 1.807) is 4.52 Å². The average Bonchev–Trinajstić information content (AvgIpc) is 2.67. The lowest BCUT2D eigenvalue weighted by molar-refractivity contribution is 0.927. The number of pyridine rings is 1. The van der Waals surface area contributed by atoms with Crippen molar-refractivity contribution in [2.24, 2.45) is 5.73 Å². The van der Waals surface area contributed by atoms with Gasteiger partial charge in [-0.3, -0.25) is 0 Å². The smallest absolute Gasteiger partial charge is 0.155 e. The van der Waals surface area contributed by atoms with Gasteiger partial charge >= 0.3 is 0 Å². The van der Waals surface area contributed by atoms with Crippen LogP contribution in [0.15, 0.2) is 24.7 Å². The van der Waals surface area contributed by atoms with Crippen molar-refractivity contribution < 1.29 is 0 Å². The van der Waals surface area contributed by atoms with Crippen LogP contribution in [0.5, 0.6) is 0 Å². The number of nitrogens with zero attached hydrogens (tertiary/aromatic N) is 3. The molecule has 13 heavy (non-hydrogen) atoms. The number of hydrogen-bond acceptors (Lipinski definition) is 3. The van der Waals surface area contributed by atoms with Gasteiger partial charge < -0.3 is 5.73 Å². The van der Waals surface area contributed by atoms with Gasteiger partial charge in [0.25, 0.3) is 0 Å². The van der Waals surface area contributed by atoms with E-state index in [1.807, 2.05) is 32.2 Å². The molecule has 0 aliphatic heterocycles. The van der Waals surface area contributed by atoms with E-state index in [1.165, 1.54) is 6.33 Å². The molecule has 0 bridgehead atoms. The molecule has 70 valence electrons. The summed E-state index contributed by atoms with van der Waals surface area (Å²) in [5.74, 6) is 0. The molecule has 0 aliphatic rings. The Morgan fingerprint density at radius 1 is 1.38 bits per heavy atom. The van der Waals surface area contributed by atoms with E-state index in [4.69, 9.17) is 5.73 Å². The molecule has 4 nitrogen and oxygen atoms in total. The fourth-order valence-corrected chi connectivity index (χ4v) is 0.980. The second-order valence-electron chi connectivity index (χ2n) is 2.30. The van der Waals surface area contributed by atoms with Crippen LogP contribution in [-0.2, 0) is 6.54 Å². The molecule has 0 amide bonds. The molecule has 2 aromatic rings. The van der Waals surface area contributed by atoms with Gasteiger partial charge in [-0.25, -0.2) is 9.50 Å². The third-order valence-corrected chi connectivity index (χ3v) is 1.57. The van der Waals surface area contributed by atoms with Gasteiger partial charge in [-0.05, 0) is 11.6 Å². The van der Waals surface area contributed by atoms with E-state index < -0.39 is 0 Å². The van der Waals surface area contributed by atoms with Crippen molar-refractivity contribution in [3.8, 4) is 0 Å². The van der Waals surface area contributed by atoms with Crippen LogP contribution in [0.25, 0.3) is 5.65 Å². The maximum absolute atomic E-state index is 5.45. The fourth-order valence-electron chi connectivity index (χ4n) is 0.980. The highest BCUT2D eigenvalue weighted by Gasteiger charge is 1.94. The van der Waals surface area contributed by atoms with E-state index in [-0.39, 0.29) is 0 Å². The minimum atomic E-state index is 0.537. The van der Waals surface area contributed by atoms with Crippen LogP contribution in [-0.4, -0.2) is 14.6 Å². The molecule has 0 aromatic carbocycles. The van der Waals surface area contributed by atoms with Gasteiger partial charge in [-0.1, -0.05) is 19.9 Å². The Bertz CT molecular complexity index is 366. The first-order chi connectivity index (χ1) is 6.40. The lowest BCUT2D eigenvalue weighted by atomic mass is 10.3. The number of hydrogen-bond donors (Lipinski definition) is 1. The van der Waals surface area contributed by atoms with Crippen LogP contribution < -0.4 is 5.73 Å². The molecule has 4 heteroatoms. The number of rotatable bonds is 1. The SMILES string of the molecule is CC.NCc1ccc2ncnn2c1. The maximum atomic E-state index is 5.45. The Balaban J connectivity index is 0.000000396. The van der Waals surface area contributed by atoms with Gasteiger partial charge in [0.1, 0.15) is 6.33 Å². The molecule has 0 spiro atoms. The first-order valence-electron chi connectivity index (χ1n) is 4.38. The zero-order chi connectivity index (χ0) is 9.68. The molecule has 0 saturated heterocycles. The monoisotopic (exact) mass is 178 g/mol. The molecule has 0 radical (unpaired) electrons. The van der Waals surface area contributed by atoms with Crippen molar-refractivity contribution in [2.75, 3.05) is 0 Å². The van der Waals surface area contributed by atoms with Crippen LogP contribution in [0.3, 0.4) is 0 Å². The highest BCUT2D eigenvalue weighted by molar-refractivity contribution is 5.37. The van der Waals surface area contributed by atoms with Crippen molar-refractivity contribution in [3.63, 3.8) is 0 Å². The fraction of sp³-hybridized carbons (Fsp3) is 0.333. The summed E-state index contributed by atoms with van der Waals surface area (Å²) >= 11 is 0. The molecule has 0 aliphatic carbocycles. The molecule has 2 rings (SSSR count). The van der Waals surface area contributed by atoms with Gasteiger partial charge in [0, 0.05) is 12.7 Å². The normalized spacial score (nSPS) is 9.46. The van der Waals surface area contributed by atoms with Crippen molar-refractivity contribution in [1.82, 2.24) is 14.6 Å². The average molecular weight is 178 g/mol. The zero-order valence-electron chi connectivity index (χ0n) is 7.94. The predicted octanol–water partition coefficient (Wildman–Crippen LogP) is 1.21. The summed E-state index contributed by atoms with van der Waals surface area (Å²) in [5.41, 5.74) is 7.36. The van der Waals surface area contributed by atoms with Crippen LogP contribution in [0.4, 0.5) is 0 Å². The summed E-state index contributed by atoms with van der Waals surface area (Å²) in [6.45, 7) is 4.54. The van der Waals surface area contributed by atoms with Crippen LogP contribution in [0.2, 0.25) is 0 Å². The molecular formula is C9H14N4. The Hall–Kier alpha value is -1.42. The Labute approximate surface area is 77.4 Å². The van der Waals surface area contributed by atoms with Crippen molar-refractivity contribution in [2.45, 2.75) is 20.4 Å². The van der Waals surface area contributed by atoms with Crippen molar-refractivity contribution >= 4 is 5.65 Å². The van der Waals surface area contributed by atoms with Crippen molar-refractivity contribution in [3.05, 3.63) is 30.2 Å². The van der Waals surface area contributed by atoms with E-state index in [0.29, 0.717) is 6.54 Å². The summed E-state index contributed by atoms with van der Waals surface area (Å²) in [5, 5.41) is 3.98. The van der Waals surface area contributed by atoms with E-state index in [2.05, 4.69) is 10.1 Å². The minimum absolute atomic E-state index is 0.537. The topological polar surface area (TPSA) is 56.2 Å². The highest BCUT2D eigenvalue weighted by Crippen LogP contribution is 2.00. The van der Waals surface area contributed by atoms with Gasteiger partial charge in [-0.2, -0.15) is 5.10 Å². The zero-order valence-corrected chi connectivity index (χ0v) is 7.94. The molecule has 2 heterocycles. The summed E-state index contributed by atoms with van der Waals surface area (Å²) < 4.78 is 1.71. The number of nitrogens with two attached hydrogens (primary N) is 1. The first kappa shape index (κ1) is 9.67. The minimum Gasteiger partial charge on any atom is -0.326 e. The summed E-state index contributed by atoms with van der Waals surface area (Å²) in [4.78, 5) is 4.01. The van der Waals surface area contributed by atoms with Gasteiger partial charge in [0.2, 0.25) is 0 Å². The van der Waals surface area contributed by atoms with Gasteiger partial charge in [0.05, 0.1) is 0 Å². The molecular weight excluding hydrogens is 164 g/mol. The second kappa shape index (κ2) is 4.57. The standard InChI is InChI=1S/C7H8N4.C2H6/c8-3-6-1-2-7-9-5-10-11(7)4-6;1-2/h1-2,4-5H,3,8H2;1-2H3. The van der Waals surface area contributed by atoms with Crippen LogP contribution >= 0.6 is 0 Å². The molecule has 0 atom stereocenters. The molecule has 2 N–H and O–H groups in total. The van der Waals surface area contributed by atoms with Crippen LogP contribution in [0, 0.1) is 0 Å². The molecule has 0 saturated carbocycles. The van der Waals surface area contributed by atoms with Crippen LogP contribution in [0.1, 0.15) is 19.4 Å². The third kappa shape index (κ3) is 2.03. The molecule has 0 unspecified atom stereocenters.